The molecule has 6 nitrogen and oxygen atoms in total. The smallest absolute Gasteiger partial charge is 0.341 e. The van der Waals surface area contributed by atoms with Gasteiger partial charge < -0.3 is 20.7 Å². The van der Waals surface area contributed by atoms with Gasteiger partial charge in [-0.3, -0.25) is 4.79 Å². The Kier molecular flexibility index (Phi) is 6.95. The van der Waals surface area contributed by atoms with Crippen LogP contribution in [0, 0.1) is 11.6 Å². The van der Waals surface area contributed by atoms with Crippen molar-refractivity contribution in [3.63, 3.8) is 0 Å². The minimum atomic E-state index is -1.50. The molecule has 0 saturated carbocycles. The predicted molar refractivity (Wildman–Crippen MR) is 123 cm³/mol. The quantitative estimate of drug-likeness (QED) is 0.385. The number of nitrogens with one attached hydrogen (secondary N) is 1. The molecule has 170 valence electrons. The van der Waals surface area contributed by atoms with E-state index < -0.39 is 45.4 Å². The largest absolute Gasteiger partial charge is 0.477 e. The maximum Gasteiger partial charge on any atom is 0.341 e. The lowest BCUT2D eigenvalue weighted by atomic mass is 10.1. The van der Waals surface area contributed by atoms with E-state index >= 15 is 8.78 Å². The van der Waals surface area contributed by atoms with E-state index in [0.717, 1.165) is 11.8 Å². The van der Waals surface area contributed by atoms with Crippen LogP contribution in [0.2, 0.25) is 10.0 Å². The summed E-state index contributed by atoms with van der Waals surface area (Å²) in [4.78, 5) is 24.2. The highest BCUT2D eigenvalue weighted by atomic mass is 35.5. The summed E-state index contributed by atoms with van der Waals surface area (Å²) in [5.74, 6) is -3.69. The lowest BCUT2D eigenvalue weighted by Crippen LogP contribution is -2.23. The van der Waals surface area contributed by atoms with E-state index in [4.69, 9.17) is 28.9 Å². The van der Waals surface area contributed by atoms with Crippen LogP contribution in [0.1, 0.15) is 42.2 Å². The van der Waals surface area contributed by atoms with Crippen LogP contribution < -0.4 is 16.5 Å². The first-order valence-electron chi connectivity index (χ1n) is 9.84. The monoisotopic (exact) mass is 483 g/mol. The zero-order chi connectivity index (χ0) is 23.7. The number of benzene rings is 2. The van der Waals surface area contributed by atoms with E-state index in [9.17, 15) is 14.7 Å². The summed E-state index contributed by atoms with van der Waals surface area (Å²) < 4.78 is 31.9. The molecule has 0 amide bonds. The van der Waals surface area contributed by atoms with Crippen molar-refractivity contribution in [3.8, 4) is 0 Å². The Labute approximate surface area is 192 Å². The fraction of sp³-hybridized carbons (Fsp3) is 0.273. The highest BCUT2D eigenvalue weighted by Crippen LogP contribution is 2.34. The van der Waals surface area contributed by atoms with E-state index in [1.54, 1.807) is 25.1 Å². The van der Waals surface area contributed by atoms with Crippen LogP contribution in [0.5, 0.6) is 0 Å². The number of carbonyl (C=O) groups is 1. The van der Waals surface area contributed by atoms with Crippen LogP contribution in [-0.4, -0.2) is 22.2 Å². The average Bonchev–Trinajstić information content (AvgIpc) is 2.74. The molecule has 0 aliphatic carbocycles. The Morgan fingerprint density at radius 2 is 1.97 bits per heavy atom. The number of nitrogens with zero attached hydrogens (tertiary/aromatic N) is 1. The number of rotatable bonds is 7. The molecule has 0 aliphatic heterocycles. The molecule has 0 radical (unpaired) electrons. The molecular formula is C22H21Cl2F2N3O3. The standard InChI is InChI=1S/C22H21Cl2F2N3O3/c1-3-10(2)29-9-13(22(31)32)21(30)15-18(27)16(25)19(17(26)20(15)29)28-7-6-11-4-5-12(23)8-14(11)24/h4-5,8-10,28H,3,6-7,27H2,1-2H3,(H,31,32). The third-order valence-electron chi connectivity index (χ3n) is 5.39. The number of fused-ring (bicyclic) bond motifs is 1. The van der Waals surface area contributed by atoms with Crippen LogP contribution in [0.15, 0.2) is 29.2 Å². The molecule has 0 fully saturated rings. The zero-order valence-corrected chi connectivity index (χ0v) is 18.8. The number of aromatic carboxylic acids is 1. The number of nitrogen functional groups attached to an aromatic ring is 1. The second kappa shape index (κ2) is 9.34. The van der Waals surface area contributed by atoms with Crippen LogP contribution in [0.25, 0.3) is 10.9 Å². The second-order valence-electron chi connectivity index (χ2n) is 7.39. The third-order valence-corrected chi connectivity index (χ3v) is 5.98. The van der Waals surface area contributed by atoms with Crippen LogP contribution in [0.3, 0.4) is 0 Å². The summed E-state index contributed by atoms with van der Waals surface area (Å²) in [5, 5.41) is 12.5. The van der Waals surface area contributed by atoms with Gasteiger partial charge in [0.15, 0.2) is 11.6 Å². The summed E-state index contributed by atoms with van der Waals surface area (Å²) in [7, 11) is 0. The predicted octanol–water partition coefficient (Wildman–Crippen LogP) is 5.49. The van der Waals surface area contributed by atoms with Gasteiger partial charge >= 0.3 is 5.97 Å². The van der Waals surface area contributed by atoms with Gasteiger partial charge in [-0.15, -0.1) is 0 Å². The van der Waals surface area contributed by atoms with E-state index in [1.165, 1.54) is 4.57 Å². The number of nitrogens with two attached hydrogens (primary N) is 1. The molecule has 1 heterocycles. The van der Waals surface area contributed by atoms with Gasteiger partial charge in [-0.25, -0.2) is 13.6 Å². The first-order valence-corrected chi connectivity index (χ1v) is 10.6. The van der Waals surface area contributed by atoms with Gasteiger partial charge in [0.1, 0.15) is 11.3 Å². The van der Waals surface area contributed by atoms with Crippen molar-refractivity contribution in [2.75, 3.05) is 17.6 Å². The molecule has 0 spiro atoms. The van der Waals surface area contributed by atoms with Crippen LogP contribution in [0.4, 0.5) is 20.2 Å². The maximum absolute atomic E-state index is 15.5. The number of aromatic nitrogens is 1. The molecule has 10 heteroatoms. The molecule has 1 aromatic heterocycles. The Morgan fingerprint density at radius 3 is 2.56 bits per heavy atom. The molecule has 1 atom stereocenters. The molecule has 32 heavy (non-hydrogen) atoms. The molecule has 4 N–H and O–H groups in total. The first-order chi connectivity index (χ1) is 15.1. The minimum Gasteiger partial charge on any atom is -0.477 e. The number of hydrogen-bond acceptors (Lipinski definition) is 4. The molecule has 3 rings (SSSR count). The number of anilines is 2. The molecule has 1 unspecified atom stereocenters. The second-order valence-corrected chi connectivity index (χ2v) is 8.24. The van der Waals surface area contributed by atoms with Gasteiger partial charge in [0.05, 0.1) is 16.6 Å². The fourth-order valence-corrected chi connectivity index (χ4v) is 3.97. The number of hydrogen-bond donors (Lipinski definition) is 3. The molecule has 0 bridgehead atoms. The van der Waals surface area contributed by atoms with Crippen molar-refractivity contribution in [2.24, 2.45) is 0 Å². The summed E-state index contributed by atoms with van der Waals surface area (Å²) >= 11 is 12.0. The van der Waals surface area contributed by atoms with Crippen molar-refractivity contribution < 1.29 is 18.7 Å². The van der Waals surface area contributed by atoms with Crippen molar-refractivity contribution in [1.82, 2.24) is 4.57 Å². The summed E-state index contributed by atoms with van der Waals surface area (Å²) in [5.41, 5.74) is 3.58. The summed E-state index contributed by atoms with van der Waals surface area (Å²) in [6, 6.07) is 4.56. The Morgan fingerprint density at radius 1 is 1.28 bits per heavy atom. The normalized spacial score (nSPS) is 12.2. The minimum absolute atomic E-state index is 0.112. The molecule has 2 aromatic carbocycles. The number of carboxylic acids is 1. The maximum atomic E-state index is 15.5. The van der Waals surface area contributed by atoms with E-state index in [0.29, 0.717) is 22.9 Å². The number of halogens is 4. The molecular weight excluding hydrogens is 463 g/mol. The average molecular weight is 484 g/mol. The topological polar surface area (TPSA) is 97.4 Å². The van der Waals surface area contributed by atoms with Crippen molar-refractivity contribution in [2.45, 2.75) is 32.7 Å². The van der Waals surface area contributed by atoms with Crippen LogP contribution >= 0.6 is 23.2 Å². The highest BCUT2D eigenvalue weighted by Gasteiger charge is 2.26. The highest BCUT2D eigenvalue weighted by molar-refractivity contribution is 6.35. The van der Waals surface area contributed by atoms with Gasteiger partial charge in [-0.2, -0.15) is 0 Å². The number of carboxylic acid groups (broad SMARTS) is 1. The molecule has 0 aliphatic rings. The SMILES string of the molecule is CCC(C)n1cc(C(=O)O)c(=O)c2c(N)c(F)c(NCCc3ccc(Cl)cc3Cl)c(F)c21. The van der Waals surface area contributed by atoms with Gasteiger partial charge in [-0.1, -0.05) is 36.2 Å². The summed E-state index contributed by atoms with van der Waals surface area (Å²) in [6.45, 7) is 3.65. The van der Waals surface area contributed by atoms with Crippen molar-refractivity contribution >= 4 is 51.4 Å². The zero-order valence-electron chi connectivity index (χ0n) is 17.3. The van der Waals surface area contributed by atoms with Gasteiger partial charge in [-0.05, 0) is 37.5 Å². The lowest BCUT2D eigenvalue weighted by molar-refractivity contribution is 0.0694. The summed E-state index contributed by atoms with van der Waals surface area (Å²) in [6.07, 6.45) is 1.91. The van der Waals surface area contributed by atoms with E-state index in [1.807, 2.05) is 6.92 Å². The Hall–Kier alpha value is -2.84. The Bertz CT molecular complexity index is 1280. The third kappa shape index (κ3) is 4.25. The molecule has 0 saturated heterocycles. The lowest BCUT2D eigenvalue weighted by Gasteiger charge is -2.21. The number of pyridine rings is 1. The Balaban J connectivity index is 2.13. The fourth-order valence-electron chi connectivity index (χ4n) is 3.46. The van der Waals surface area contributed by atoms with E-state index in [-0.39, 0.29) is 18.1 Å². The van der Waals surface area contributed by atoms with Gasteiger partial charge in [0.25, 0.3) is 0 Å². The molecule has 3 aromatic rings. The first kappa shape index (κ1) is 23.8. The van der Waals surface area contributed by atoms with Crippen molar-refractivity contribution in [3.05, 3.63) is 67.4 Å². The van der Waals surface area contributed by atoms with Crippen molar-refractivity contribution in [1.29, 1.82) is 0 Å². The van der Waals surface area contributed by atoms with Gasteiger partial charge in [0, 0.05) is 28.8 Å². The van der Waals surface area contributed by atoms with Crippen LogP contribution in [-0.2, 0) is 6.42 Å². The van der Waals surface area contributed by atoms with Gasteiger partial charge in [0.2, 0.25) is 5.43 Å². The van der Waals surface area contributed by atoms with E-state index in [2.05, 4.69) is 5.32 Å².